The fourth-order valence-corrected chi connectivity index (χ4v) is 2.65. The van der Waals surface area contributed by atoms with E-state index < -0.39 is 27.5 Å². The molecule has 0 amide bonds. The van der Waals surface area contributed by atoms with E-state index in [9.17, 15) is 17.2 Å². The van der Waals surface area contributed by atoms with E-state index in [-0.39, 0.29) is 12.1 Å². The van der Waals surface area contributed by atoms with Crippen LogP contribution in [-0.4, -0.2) is 39.4 Å². The Hall–Kier alpha value is -1.25. The number of halogens is 2. The zero-order valence-electron chi connectivity index (χ0n) is 12.4. The molecule has 120 valence electrons. The molecule has 0 unspecified atom stereocenters. The molecule has 0 fully saturated rings. The third kappa shape index (κ3) is 4.90. The van der Waals surface area contributed by atoms with Crippen molar-refractivity contribution in [3.05, 3.63) is 29.3 Å². The third-order valence-electron chi connectivity index (χ3n) is 3.00. The molecule has 0 bridgehead atoms. The highest BCUT2D eigenvalue weighted by atomic mass is 32.2. The van der Waals surface area contributed by atoms with E-state index in [1.54, 1.807) is 0 Å². The maximum absolute atomic E-state index is 13.8. The molecule has 0 saturated carbocycles. The van der Waals surface area contributed by atoms with Gasteiger partial charge in [0, 0.05) is 13.6 Å². The summed E-state index contributed by atoms with van der Waals surface area (Å²) in [6.07, 6.45) is 0.601. The van der Waals surface area contributed by atoms with Crippen LogP contribution in [0.1, 0.15) is 18.9 Å². The van der Waals surface area contributed by atoms with Crippen molar-refractivity contribution in [3.8, 4) is 0 Å². The van der Waals surface area contributed by atoms with Crippen LogP contribution in [-0.2, 0) is 10.2 Å². The highest BCUT2D eigenvalue weighted by Crippen LogP contribution is 2.23. The van der Waals surface area contributed by atoms with Gasteiger partial charge in [0.25, 0.3) is 0 Å². The highest BCUT2D eigenvalue weighted by Gasteiger charge is 2.22. The SMILES string of the molecule is CCNCCCN(C)S(=O)(=O)Nc1c(F)ccc(C)c1F. The van der Waals surface area contributed by atoms with Gasteiger partial charge in [-0.1, -0.05) is 13.0 Å². The Balaban J connectivity index is 2.79. The number of hydrogen-bond donors (Lipinski definition) is 2. The summed E-state index contributed by atoms with van der Waals surface area (Å²) in [7, 11) is -2.63. The second-order valence-electron chi connectivity index (χ2n) is 4.69. The van der Waals surface area contributed by atoms with E-state index in [1.807, 2.05) is 11.6 Å². The minimum atomic E-state index is -3.99. The first-order chi connectivity index (χ1) is 9.79. The Kier molecular flexibility index (Phi) is 6.50. The Morgan fingerprint density at radius 1 is 1.29 bits per heavy atom. The van der Waals surface area contributed by atoms with Gasteiger partial charge in [-0.2, -0.15) is 12.7 Å². The normalized spacial score (nSPS) is 11.9. The monoisotopic (exact) mass is 321 g/mol. The van der Waals surface area contributed by atoms with Gasteiger partial charge in [-0.15, -0.1) is 0 Å². The number of nitrogens with one attached hydrogen (secondary N) is 2. The molecule has 5 nitrogen and oxygen atoms in total. The molecule has 0 heterocycles. The van der Waals surface area contributed by atoms with Gasteiger partial charge in [0.1, 0.15) is 11.5 Å². The molecule has 1 aromatic rings. The maximum Gasteiger partial charge on any atom is 0.301 e. The molecule has 0 aromatic heterocycles. The van der Waals surface area contributed by atoms with Gasteiger partial charge in [-0.3, -0.25) is 4.72 Å². The van der Waals surface area contributed by atoms with Crippen LogP contribution in [0.3, 0.4) is 0 Å². The zero-order chi connectivity index (χ0) is 16.0. The number of rotatable bonds is 8. The van der Waals surface area contributed by atoms with Crippen LogP contribution in [0.15, 0.2) is 12.1 Å². The lowest BCUT2D eigenvalue weighted by Crippen LogP contribution is -2.35. The van der Waals surface area contributed by atoms with Crippen LogP contribution < -0.4 is 10.0 Å². The molecule has 0 saturated heterocycles. The smallest absolute Gasteiger partial charge is 0.301 e. The van der Waals surface area contributed by atoms with Gasteiger partial charge in [-0.05, 0) is 38.1 Å². The van der Waals surface area contributed by atoms with E-state index in [0.29, 0.717) is 13.0 Å². The van der Waals surface area contributed by atoms with Crippen molar-refractivity contribution in [2.75, 3.05) is 31.4 Å². The number of anilines is 1. The van der Waals surface area contributed by atoms with Crippen molar-refractivity contribution in [1.29, 1.82) is 0 Å². The summed E-state index contributed by atoms with van der Waals surface area (Å²) in [6.45, 7) is 5.10. The molecular formula is C13H21F2N3O2S. The first-order valence-corrected chi connectivity index (χ1v) is 8.13. The van der Waals surface area contributed by atoms with Crippen LogP contribution >= 0.6 is 0 Å². The maximum atomic E-state index is 13.8. The molecule has 0 radical (unpaired) electrons. The quantitative estimate of drug-likeness (QED) is 0.719. The average Bonchev–Trinajstić information content (AvgIpc) is 2.43. The van der Waals surface area contributed by atoms with Crippen molar-refractivity contribution >= 4 is 15.9 Å². The molecule has 1 rings (SSSR count). The van der Waals surface area contributed by atoms with Crippen molar-refractivity contribution in [1.82, 2.24) is 9.62 Å². The first kappa shape index (κ1) is 17.8. The summed E-state index contributed by atoms with van der Waals surface area (Å²) in [6, 6.07) is 2.28. The fraction of sp³-hybridized carbons (Fsp3) is 0.538. The Morgan fingerprint density at radius 2 is 1.95 bits per heavy atom. The Bertz CT molecular complexity index is 579. The standard InChI is InChI=1S/C13H21F2N3O2S/c1-4-16-8-5-9-18(3)21(19,20)17-13-11(14)7-6-10(2)12(13)15/h6-7,16-17H,4-5,8-9H2,1-3H3. The van der Waals surface area contributed by atoms with Crippen LogP contribution in [0, 0.1) is 18.6 Å². The van der Waals surface area contributed by atoms with Gasteiger partial charge < -0.3 is 5.32 Å². The van der Waals surface area contributed by atoms with Crippen molar-refractivity contribution in [2.45, 2.75) is 20.3 Å². The third-order valence-corrected chi connectivity index (χ3v) is 4.47. The van der Waals surface area contributed by atoms with Gasteiger partial charge in [0.15, 0.2) is 5.82 Å². The van der Waals surface area contributed by atoms with E-state index in [1.165, 1.54) is 20.0 Å². The van der Waals surface area contributed by atoms with Gasteiger partial charge in [0.2, 0.25) is 0 Å². The van der Waals surface area contributed by atoms with Gasteiger partial charge in [-0.25, -0.2) is 8.78 Å². The van der Waals surface area contributed by atoms with Crippen LogP contribution in [0.4, 0.5) is 14.5 Å². The molecule has 0 atom stereocenters. The van der Waals surface area contributed by atoms with E-state index in [4.69, 9.17) is 0 Å². The van der Waals surface area contributed by atoms with E-state index in [2.05, 4.69) is 5.32 Å². The summed E-state index contributed by atoms with van der Waals surface area (Å²) in [5.41, 5.74) is -0.475. The van der Waals surface area contributed by atoms with Crippen molar-refractivity contribution in [3.63, 3.8) is 0 Å². The lowest BCUT2D eigenvalue weighted by molar-refractivity contribution is 0.459. The molecule has 0 aliphatic carbocycles. The van der Waals surface area contributed by atoms with Crippen molar-refractivity contribution in [2.24, 2.45) is 0 Å². The summed E-state index contributed by atoms with van der Waals surface area (Å²) in [5.74, 6) is -1.85. The van der Waals surface area contributed by atoms with Crippen molar-refractivity contribution < 1.29 is 17.2 Å². The Labute approximate surface area is 124 Å². The van der Waals surface area contributed by atoms with Crippen LogP contribution in [0.25, 0.3) is 0 Å². The molecule has 0 spiro atoms. The molecular weight excluding hydrogens is 300 g/mol. The molecule has 21 heavy (non-hydrogen) atoms. The lowest BCUT2D eigenvalue weighted by Gasteiger charge is -2.19. The zero-order valence-corrected chi connectivity index (χ0v) is 13.2. The minimum absolute atomic E-state index is 0.170. The van der Waals surface area contributed by atoms with Crippen LogP contribution in [0.2, 0.25) is 0 Å². The predicted molar refractivity (Wildman–Crippen MR) is 79.4 cm³/mol. The molecule has 8 heteroatoms. The fourth-order valence-electron chi connectivity index (χ4n) is 1.68. The number of hydrogen-bond acceptors (Lipinski definition) is 3. The number of aryl methyl sites for hydroxylation is 1. The van der Waals surface area contributed by atoms with E-state index >= 15 is 0 Å². The summed E-state index contributed by atoms with van der Waals surface area (Å²) in [5, 5.41) is 3.07. The highest BCUT2D eigenvalue weighted by molar-refractivity contribution is 7.90. The first-order valence-electron chi connectivity index (χ1n) is 6.69. The topological polar surface area (TPSA) is 61.4 Å². The van der Waals surface area contributed by atoms with Gasteiger partial charge >= 0.3 is 10.2 Å². The Morgan fingerprint density at radius 3 is 2.57 bits per heavy atom. The largest absolute Gasteiger partial charge is 0.317 e. The average molecular weight is 321 g/mol. The van der Waals surface area contributed by atoms with Crippen LogP contribution in [0.5, 0.6) is 0 Å². The molecule has 2 N–H and O–H groups in total. The number of benzene rings is 1. The van der Waals surface area contributed by atoms with E-state index in [0.717, 1.165) is 16.9 Å². The molecule has 0 aliphatic rings. The molecule has 0 aliphatic heterocycles. The lowest BCUT2D eigenvalue weighted by atomic mass is 10.2. The summed E-state index contributed by atoms with van der Waals surface area (Å²) < 4.78 is 54.5. The van der Waals surface area contributed by atoms with Gasteiger partial charge in [0.05, 0.1) is 0 Å². The predicted octanol–water partition coefficient (Wildman–Crippen LogP) is 1.86. The minimum Gasteiger partial charge on any atom is -0.317 e. The second kappa shape index (κ2) is 7.67. The summed E-state index contributed by atoms with van der Waals surface area (Å²) in [4.78, 5) is 0. The number of nitrogens with zero attached hydrogens (tertiary/aromatic N) is 1. The molecule has 1 aromatic carbocycles. The second-order valence-corrected chi connectivity index (χ2v) is 6.47. The summed E-state index contributed by atoms with van der Waals surface area (Å²) >= 11 is 0.